The van der Waals surface area contributed by atoms with Gasteiger partial charge in [0.1, 0.15) is 0 Å². The lowest BCUT2D eigenvalue weighted by Crippen LogP contribution is -2.54. The first-order chi connectivity index (χ1) is 15.5. The average molecular weight is 501 g/mol. The molecule has 9 heteroatoms. The van der Waals surface area contributed by atoms with Crippen molar-refractivity contribution in [1.82, 2.24) is 14.5 Å². The number of carbonyl (C=O) groups excluding carboxylic acids is 1. The first kappa shape index (κ1) is 21.5. The molecule has 32 heavy (non-hydrogen) atoms. The molecule has 0 unspecified atom stereocenters. The summed E-state index contributed by atoms with van der Waals surface area (Å²) in [4.78, 5) is 27.0. The number of aliphatic hydroxyl groups excluding tert-OH is 1. The third kappa shape index (κ3) is 3.61. The van der Waals surface area contributed by atoms with E-state index in [1.165, 1.54) is 0 Å². The molecule has 1 aliphatic carbocycles. The highest BCUT2D eigenvalue weighted by Crippen LogP contribution is 2.34. The summed E-state index contributed by atoms with van der Waals surface area (Å²) in [7, 11) is 0. The van der Waals surface area contributed by atoms with Gasteiger partial charge in [-0.3, -0.25) is 24.2 Å². The Morgan fingerprint density at radius 1 is 1.28 bits per heavy atom. The monoisotopic (exact) mass is 500 g/mol. The Morgan fingerprint density at radius 2 is 2.12 bits per heavy atom. The van der Waals surface area contributed by atoms with E-state index in [-0.39, 0.29) is 11.9 Å². The molecule has 5 rings (SSSR count). The fraction of sp³-hybridized carbons (Fsp3) is 0.522. The number of amides is 1. The van der Waals surface area contributed by atoms with Crippen molar-refractivity contribution < 1.29 is 9.90 Å². The van der Waals surface area contributed by atoms with Crippen LogP contribution in [0, 0.1) is 6.92 Å². The normalized spacial score (nSPS) is 22.6. The van der Waals surface area contributed by atoms with Gasteiger partial charge in [0.05, 0.1) is 18.7 Å². The first-order valence-electron chi connectivity index (χ1n) is 11.4. The number of aryl methyl sites for hydroxylation is 1. The number of guanidine groups is 1. The zero-order valence-electron chi connectivity index (χ0n) is 18.5. The summed E-state index contributed by atoms with van der Waals surface area (Å²) in [6, 6.07) is 6.19. The number of halogens is 1. The number of aliphatic hydroxyl groups is 1. The summed E-state index contributed by atoms with van der Waals surface area (Å²) in [5, 5.41) is 13.9. The largest absolute Gasteiger partial charge is 0.391 e. The summed E-state index contributed by atoms with van der Waals surface area (Å²) in [6.45, 7) is 6.61. The van der Waals surface area contributed by atoms with Gasteiger partial charge in [-0.15, -0.1) is 0 Å². The molecule has 1 aromatic heterocycles. The molecule has 2 N–H and O–H groups in total. The summed E-state index contributed by atoms with van der Waals surface area (Å²) in [6.07, 6.45) is 3.18. The number of hydrogen-bond acceptors (Lipinski definition) is 6. The molecule has 1 aromatic carbocycles. The number of aliphatic imine (C=N–C) groups is 1. The third-order valence-corrected chi connectivity index (χ3v) is 7.47. The number of nitrogens with one attached hydrogen (secondary N) is 1. The van der Waals surface area contributed by atoms with E-state index in [1.54, 1.807) is 4.90 Å². The van der Waals surface area contributed by atoms with Crippen molar-refractivity contribution in [2.75, 3.05) is 29.9 Å². The number of hydrogen-bond donors (Lipinski definition) is 2. The van der Waals surface area contributed by atoms with Gasteiger partial charge in [-0.2, -0.15) is 4.98 Å². The average Bonchev–Trinajstić information content (AvgIpc) is 3.35. The van der Waals surface area contributed by atoms with Crippen LogP contribution >= 0.6 is 15.9 Å². The molecule has 170 valence electrons. The lowest BCUT2D eigenvalue weighted by Gasteiger charge is -2.38. The van der Waals surface area contributed by atoms with E-state index in [1.807, 2.05) is 11.5 Å². The Labute approximate surface area is 196 Å². The Balaban J connectivity index is 1.62. The van der Waals surface area contributed by atoms with Gasteiger partial charge in [0.2, 0.25) is 11.9 Å². The van der Waals surface area contributed by atoms with Gasteiger partial charge in [-0.1, -0.05) is 28.1 Å². The minimum Gasteiger partial charge on any atom is -0.391 e. The van der Waals surface area contributed by atoms with E-state index >= 15 is 0 Å². The molecule has 2 aliphatic heterocycles. The Morgan fingerprint density at radius 3 is 2.84 bits per heavy atom. The number of fused-ring (bicyclic) bond motifs is 3. The lowest BCUT2D eigenvalue weighted by molar-refractivity contribution is 0.0834. The van der Waals surface area contributed by atoms with Gasteiger partial charge < -0.3 is 10.4 Å². The van der Waals surface area contributed by atoms with Crippen molar-refractivity contribution in [1.29, 1.82) is 0 Å². The molecule has 0 radical (unpaired) electrons. The van der Waals surface area contributed by atoms with E-state index in [4.69, 9.17) is 4.98 Å². The number of carbonyl (C=O) groups is 1. The van der Waals surface area contributed by atoms with Crippen molar-refractivity contribution in [3.63, 3.8) is 0 Å². The van der Waals surface area contributed by atoms with E-state index in [0.29, 0.717) is 36.5 Å². The number of rotatable bonds is 5. The molecule has 3 heterocycles. The quantitative estimate of drug-likeness (QED) is 0.657. The van der Waals surface area contributed by atoms with Crippen molar-refractivity contribution in [2.45, 2.75) is 58.2 Å². The molecular weight excluding hydrogens is 472 g/mol. The van der Waals surface area contributed by atoms with Crippen LogP contribution in [0.3, 0.4) is 0 Å². The summed E-state index contributed by atoms with van der Waals surface area (Å²) in [5.74, 6) is 1.93. The highest BCUT2D eigenvalue weighted by Gasteiger charge is 2.41. The molecule has 0 bridgehead atoms. The van der Waals surface area contributed by atoms with Gasteiger partial charge >= 0.3 is 0 Å². The van der Waals surface area contributed by atoms with Crippen LogP contribution in [-0.4, -0.2) is 63.2 Å². The van der Waals surface area contributed by atoms with Crippen LogP contribution < -0.4 is 10.2 Å². The number of benzene rings is 1. The topological polar surface area (TPSA) is 86.0 Å². The molecule has 1 saturated carbocycles. The van der Waals surface area contributed by atoms with Crippen LogP contribution in [0.1, 0.15) is 54.2 Å². The standard InChI is InChI=1S/C23H29BrN6O2/c1-3-28-21(32)19-20(29-11-5-10-25-23(28)29)27-22(26-17-6-4-7-18(17)31)30(19)13-15-9-8-14(2)16(24)12-15/h8-9,12,17-18,31H,3-7,10-11,13H2,1-2H3,(H,26,27)/t17-,18-/m1/s1. The van der Waals surface area contributed by atoms with E-state index in [9.17, 15) is 9.90 Å². The molecule has 0 saturated heterocycles. The second-order valence-electron chi connectivity index (χ2n) is 8.76. The smallest absolute Gasteiger partial charge is 0.281 e. The van der Waals surface area contributed by atoms with E-state index < -0.39 is 6.10 Å². The van der Waals surface area contributed by atoms with Crippen molar-refractivity contribution >= 4 is 39.6 Å². The summed E-state index contributed by atoms with van der Waals surface area (Å²) in [5.41, 5.74) is 2.82. The van der Waals surface area contributed by atoms with Crippen LogP contribution in [0.25, 0.3) is 0 Å². The van der Waals surface area contributed by atoms with Gasteiger partial charge in [0.25, 0.3) is 5.91 Å². The molecular formula is C23H29BrN6O2. The predicted molar refractivity (Wildman–Crippen MR) is 128 cm³/mol. The van der Waals surface area contributed by atoms with Crippen LogP contribution in [0.5, 0.6) is 0 Å². The number of imidazole rings is 1. The van der Waals surface area contributed by atoms with Crippen LogP contribution in [-0.2, 0) is 6.54 Å². The zero-order valence-corrected chi connectivity index (χ0v) is 20.1. The Hall–Kier alpha value is -2.39. The highest BCUT2D eigenvalue weighted by molar-refractivity contribution is 9.10. The van der Waals surface area contributed by atoms with Gasteiger partial charge in [-0.25, -0.2) is 0 Å². The van der Waals surface area contributed by atoms with Gasteiger partial charge in [0.15, 0.2) is 11.5 Å². The zero-order chi connectivity index (χ0) is 22.4. The molecule has 8 nitrogen and oxygen atoms in total. The fourth-order valence-corrected chi connectivity index (χ4v) is 5.25. The lowest BCUT2D eigenvalue weighted by atomic mass is 10.1. The molecule has 1 fully saturated rings. The minimum atomic E-state index is -0.402. The van der Waals surface area contributed by atoms with Crippen molar-refractivity contribution in [3.05, 3.63) is 39.5 Å². The summed E-state index contributed by atoms with van der Waals surface area (Å²) >= 11 is 3.63. The Kier molecular flexibility index (Phi) is 5.71. The third-order valence-electron chi connectivity index (χ3n) is 6.62. The second kappa shape index (κ2) is 8.51. The highest BCUT2D eigenvalue weighted by atomic mass is 79.9. The SMILES string of the molecule is CCN1C(=O)c2c(nc(N[C@@H]3CCC[C@H]3O)n2Cc2ccc(C)c(Br)c2)N2CCCN=C12. The maximum Gasteiger partial charge on any atom is 0.281 e. The first-order valence-corrected chi connectivity index (χ1v) is 12.2. The molecule has 0 spiro atoms. The van der Waals surface area contributed by atoms with E-state index in [2.05, 4.69) is 56.3 Å². The molecule has 1 amide bonds. The van der Waals surface area contributed by atoms with Crippen LogP contribution in [0.15, 0.2) is 27.7 Å². The van der Waals surface area contributed by atoms with Gasteiger partial charge in [-0.05, 0) is 56.7 Å². The predicted octanol–water partition coefficient (Wildman–Crippen LogP) is 3.37. The van der Waals surface area contributed by atoms with Crippen LogP contribution in [0.2, 0.25) is 0 Å². The molecule has 3 aliphatic rings. The van der Waals surface area contributed by atoms with Crippen molar-refractivity contribution in [2.24, 2.45) is 4.99 Å². The number of aromatic nitrogens is 2. The van der Waals surface area contributed by atoms with Gasteiger partial charge in [0, 0.05) is 24.1 Å². The minimum absolute atomic E-state index is 0.0609. The summed E-state index contributed by atoms with van der Waals surface area (Å²) < 4.78 is 3.02. The maximum absolute atomic E-state index is 13.6. The van der Waals surface area contributed by atoms with Crippen LogP contribution in [0.4, 0.5) is 11.8 Å². The number of anilines is 2. The molecule has 2 aromatic rings. The van der Waals surface area contributed by atoms with E-state index in [0.717, 1.165) is 54.4 Å². The van der Waals surface area contributed by atoms with Crippen molar-refractivity contribution in [3.8, 4) is 0 Å². The maximum atomic E-state index is 13.6. The Bertz CT molecular complexity index is 1080. The number of nitrogens with zero attached hydrogens (tertiary/aromatic N) is 5. The second-order valence-corrected chi connectivity index (χ2v) is 9.62. The molecule has 2 atom stereocenters. The fourth-order valence-electron chi connectivity index (χ4n) is 4.82.